The van der Waals surface area contributed by atoms with E-state index in [1.807, 2.05) is 13.1 Å². The molecule has 0 aliphatic rings. The maximum absolute atomic E-state index is 5.39. The third kappa shape index (κ3) is 3.91. The largest absolute Gasteiger partial charge is 0.397 e. The first-order chi connectivity index (χ1) is 4.33. The second kappa shape index (κ2) is 6.07. The Morgan fingerprint density at radius 2 is 2.00 bits per heavy atom. The molecule has 0 bridgehead atoms. The van der Waals surface area contributed by atoms with E-state index in [1.54, 1.807) is 12.3 Å². The Morgan fingerprint density at radius 1 is 1.36 bits per heavy atom. The number of hydrogen-bond acceptors (Lipinski definition) is 3. The summed E-state index contributed by atoms with van der Waals surface area (Å²) >= 11 is 0. The van der Waals surface area contributed by atoms with Crippen LogP contribution in [0.15, 0.2) is 18.3 Å². The lowest BCUT2D eigenvalue weighted by atomic mass is 10.4. The molecule has 0 saturated carbocycles. The van der Waals surface area contributed by atoms with Gasteiger partial charge in [0, 0.05) is 7.05 Å². The van der Waals surface area contributed by atoms with Crippen LogP contribution >= 0.6 is 24.8 Å². The summed E-state index contributed by atoms with van der Waals surface area (Å²) in [6.07, 6.45) is 1.62. The van der Waals surface area contributed by atoms with E-state index in [1.165, 1.54) is 0 Å². The van der Waals surface area contributed by atoms with E-state index in [0.717, 1.165) is 5.82 Å². The minimum Gasteiger partial charge on any atom is -0.397 e. The summed E-state index contributed by atoms with van der Waals surface area (Å²) in [4.78, 5) is 3.96. The minimum absolute atomic E-state index is 0. The number of nitrogens with one attached hydrogen (secondary N) is 1. The summed E-state index contributed by atoms with van der Waals surface area (Å²) in [6, 6.07) is 3.63. The van der Waals surface area contributed by atoms with Gasteiger partial charge in [-0.25, -0.2) is 4.98 Å². The Labute approximate surface area is 78.2 Å². The highest BCUT2D eigenvalue weighted by atomic mass is 35.5. The molecule has 0 aliphatic carbocycles. The molecule has 0 aliphatic heterocycles. The van der Waals surface area contributed by atoms with Gasteiger partial charge in [-0.1, -0.05) is 0 Å². The lowest BCUT2D eigenvalue weighted by Gasteiger charge is -1.96. The predicted octanol–water partition coefficient (Wildman–Crippen LogP) is 1.55. The van der Waals surface area contributed by atoms with Gasteiger partial charge in [0.25, 0.3) is 0 Å². The van der Waals surface area contributed by atoms with Gasteiger partial charge in [-0.15, -0.1) is 24.8 Å². The monoisotopic (exact) mass is 195 g/mol. The summed E-state index contributed by atoms with van der Waals surface area (Å²) in [7, 11) is 1.82. The van der Waals surface area contributed by atoms with E-state index in [0.29, 0.717) is 5.69 Å². The highest BCUT2D eigenvalue weighted by Gasteiger charge is 1.85. The molecule has 64 valence electrons. The number of hydrogen-bond donors (Lipinski definition) is 2. The molecule has 5 heteroatoms. The van der Waals surface area contributed by atoms with E-state index in [-0.39, 0.29) is 24.8 Å². The lowest BCUT2D eigenvalue weighted by molar-refractivity contribution is 1.29. The van der Waals surface area contributed by atoms with Crippen molar-refractivity contribution >= 4 is 36.3 Å². The van der Waals surface area contributed by atoms with Crippen LogP contribution in [0.1, 0.15) is 0 Å². The standard InChI is InChI=1S/C6H9N3.2ClH/c1-8-6-3-2-5(7)4-9-6;;/h2-4H,7H2,1H3,(H,8,9);2*1H. The van der Waals surface area contributed by atoms with Crippen molar-refractivity contribution in [3.8, 4) is 0 Å². The SMILES string of the molecule is CNc1ccc(N)cn1.Cl.Cl. The number of nitrogens with zero attached hydrogens (tertiary/aromatic N) is 1. The lowest BCUT2D eigenvalue weighted by Crippen LogP contribution is -1.92. The number of rotatable bonds is 1. The van der Waals surface area contributed by atoms with Gasteiger partial charge < -0.3 is 11.1 Å². The molecule has 3 nitrogen and oxygen atoms in total. The van der Waals surface area contributed by atoms with Crippen LogP contribution in [0.4, 0.5) is 11.5 Å². The van der Waals surface area contributed by atoms with E-state index < -0.39 is 0 Å². The van der Waals surface area contributed by atoms with Crippen molar-refractivity contribution in [3.63, 3.8) is 0 Å². The Hall–Kier alpha value is -0.670. The molecule has 0 aromatic carbocycles. The molecule has 0 radical (unpaired) electrons. The van der Waals surface area contributed by atoms with Gasteiger partial charge in [0.2, 0.25) is 0 Å². The van der Waals surface area contributed by atoms with Crippen LogP contribution in [-0.2, 0) is 0 Å². The first kappa shape index (κ1) is 13.0. The van der Waals surface area contributed by atoms with Crippen LogP contribution in [0.25, 0.3) is 0 Å². The first-order valence-electron chi connectivity index (χ1n) is 2.72. The highest BCUT2D eigenvalue weighted by molar-refractivity contribution is 5.85. The second-order valence-electron chi connectivity index (χ2n) is 1.73. The van der Waals surface area contributed by atoms with Crippen LogP contribution in [0, 0.1) is 0 Å². The zero-order valence-corrected chi connectivity index (χ0v) is 7.71. The number of aromatic nitrogens is 1. The normalized spacial score (nSPS) is 7.36. The van der Waals surface area contributed by atoms with Crippen LogP contribution in [0.3, 0.4) is 0 Å². The zero-order valence-electron chi connectivity index (χ0n) is 6.07. The molecular weight excluding hydrogens is 185 g/mol. The smallest absolute Gasteiger partial charge is 0.125 e. The van der Waals surface area contributed by atoms with Gasteiger partial charge in [-0.3, -0.25) is 0 Å². The summed E-state index contributed by atoms with van der Waals surface area (Å²) in [5.74, 6) is 0.837. The Balaban J connectivity index is 0. The quantitative estimate of drug-likeness (QED) is 0.716. The Morgan fingerprint density at radius 3 is 2.36 bits per heavy atom. The van der Waals surface area contributed by atoms with E-state index in [2.05, 4.69) is 10.3 Å². The average molecular weight is 196 g/mol. The van der Waals surface area contributed by atoms with Crippen LogP contribution in [0.5, 0.6) is 0 Å². The maximum atomic E-state index is 5.39. The molecule has 0 spiro atoms. The second-order valence-corrected chi connectivity index (χ2v) is 1.73. The van der Waals surface area contributed by atoms with Gasteiger partial charge >= 0.3 is 0 Å². The van der Waals surface area contributed by atoms with E-state index >= 15 is 0 Å². The average Bonchev–Trinajstić information content (AvgIpc) is 1.90. The van der Waals surface area contributed by atoms with E-state index in [9.17, 15) is 0 Å². The molecule has 0 fully saturated rings. The highest BCUT2D eigenvalue weighted by Crippen LogP contribution is 2.03. The molecule has 1 aromatic rings. The van der Waals surface area contributed by atoms with Gasteiger partial charge in [-0.05, 0) is 12.1 Å². The number of halogens is 2. The molecule has 0 unspecified atom stereocenters. The molecule has 1 aromatic heterocycles. The van der Waals surface area contributed by atoms with Crippen molar-refractivity contribution in [1.29, 1.82) is 0 Å². The number of nitrogens with two attached hydrogens (primary N) is 1. The number of anilines is 2. The Bertz CT molecular complexity index is 188. The van der Waals surface area contributed by atoms with Crippen LogP contribution in [-0.4, -0.2) is 12.0 Å². The third-order valence-corrected chi connectivity index (χ3v) is 1.04. The zero-order chi connectivity index (χ0) is 6.69. The maximum Gasteiger partial charge on any atom is 0.125 e. The molecule has 0 atom stereocenters. The van der Waals surface area contributed by atoms with Crippen molar-refractivity contribution in [2.24, 2.45) is 0 Å². The molecule has 0 amide bonds. The Kier molecular flexibility index (Phi) is 7.15. The summed E-state index contributed by atoms with van der Waals surface area (Å²) in [6.45, 7) is 0. The van der Waals surface area contributed by atoms with Gasteiger partial charge in [0.05, 0.1) is 11.9 Å². The molecule has 11 heavy (non-hydrogen) atoms. The van der Waals surface area contributed by atoms with Crippen molar-refractivity contribution < 1.29 is 0 Å². The molecule has 0 saturated heterocycles. The van der Waals surface area contributed by atoms with E-state index in [4.69, 9.17) is 5.73 Å². The fourth-order valence-electron chi connectivity index (χ4n) is 0.553. The minimum atomic E-state index is 0. The summed E-state index contributed by atoms with van der Waals surface area (Å²) in [5, 5.41) is 2.89. The fraction of sp³-hybridized carbons (Fsp3) is 0.167. The van der Waals surface area contributed by atoms with Crippen molar-refractivity contribution in [2.75, 3.05) is 18.1 Å². The van der Waals surface area contributed by atoms with Gasteiger partial charge in [0.15, 0.2) is 0 Å². The number of nitrogen functional groups attached to an aromatic ring is 1. The summed E-state index contributed by atoms with van der Waals surface area (Å²) in [5.41, 5.74) is 6.08. The van der Waals surface area contributed by atoms with Gasteiger partial charge in [0.1, 0.15) is 5.82 Å². The number of pyridine rings is 1. The molecular formula is C6H11Cl2N3. The first-order valence-corrected chi connectivity index (χ1v) is 2.72. The molecule has 1 rings (SSSR count). The molecule has 3 N–H and O–H groups in total. The van der Waals surface area contributed by atoms with Crippen molar-refractivity contribution in [1.82, 2.24) is 4.98 Å². The summed E-state index contributed by atoms with van der Waals surface area (Å²) < 4.78 is 0. The fourth-order valence-corrected chi connectivity index (χ4v) is 0.553. The predicted molar refractivity (Wildman–Crippen MR) is 52.7 cm³/mol. The van der Waals surface area contributed by atoms with Crippen LogP contribution in [0.2, 0.25) is 0 Å². The van der Waals surface area contributed by atoms with Crippen molar-refractivity contribution in [2.45, 2.75) is 0 Å². The third-order valence-electron chi connectivity index (χ3n) is 1.04. The van der Waals surface area contributed by atoms with Crippen molar-refractivity contribution in [3.05, 3.63) is 18.3 Å². The molecule has 1 heterocycles. The topological polar surface area (TPSA) is 50.9 Å². The van der Waals surface area contributed by atoms with Gasteiger partial charge in [-0.2, -0.15) is 0 Å². The van der Waals surface area contributed by atoms with Crippen LogP contribution < -0.4 is 11.1 Å².